The van der Waals surface area contributed by atoms with Gasteiger partial charge in [0, 0.05) is 6.07 Å². The molecule has 0 amide bonds. The second kappa shape index (κ2) is 7.45. The molecule has 30 heavy (non-hydrogen) atoms. The molecule has 1 aliphatic carbocycles. The summed E-state index contributed by atoms with van der Waals surface area (Å²) in [5, 5.41) is 18.7. The average molecular weight is 460 g/mol. The molecule has 10 heteroatoms. The number of halogens is 4. The van der Waals surface area contributed by atoms with Crippen LogP contribution in [0.4, 0.5) is 13.2 Å². The van der Waals surface area contributed by atoms with Crippen molar-refractivity contribution in [1.82, 2.24) is 0 Å². The first kappa shape index (κ1) is 22.4. The van der Waals surface area contributed by atoms with Crippen LogP contribution in [0.25, 0.3) is 0 Å². The summed E-state index contributed by atoms with van der Waals surface area (Å²) in [4.78, 5) is -0.519. The van der Waals surface area contributed by atoms with Crippen LogP contribution in [-0.4, -0.2) is 26.3 Å². The predicted octanol–water partition coefficient (Wildman–Crippen LogP) is 4.63. The summed E-state index contributed by atoms with van der Waals surface area (Å²) < 4.78 is 70.1. The molecule has 160 valence electrons. The Kier molecular flexibility index (Phi) is 5.56. The number of hydrogen-bond donors (Lipinski definition) is 1. The van der Waals surface area contributed by atoms with Gasteiger partial charge in [-0.3, -0.25) is 0 Å². The third-order valence-electron chi connectivity index (χ3n) is 5.08. The monoisotopic (exact) mass is 459 g/mol. The number of nitrogens with zero attached hydrogens (tertiary/aromatic N) is 1. The molecule has 1 aliphatic rings. The zero-order valence-corrected chi connectivity index (χ0v) is 17.3. The van der Waals surface area contributed by atoms with Crippen LogP contribution in [-0.2, 0) is 15.4 Å². The van der Waals surface area contributed by atoms with Gasteiger partial charge >= 0.3 is 6.18 Å². The number of nitriles is 1. The lowest BCUT2D eigenvalue weighted by Gasteiger charge is -2.26. The van der Waals surface area contributed by atoms with Crippen molar-refractivity contribution in [2.75, 3.05) is 6.61 Å². The highest BCUT2D eigenvalue weighted by Gasteiger charge is 2.51. The van der Waals surface area contributed by atoms with Crippen molar-refractivity contribution in [3.8, 4) is 11.8 Å². The van der Waals surface area contributed by atoms with E-state index in [1.165, 1.54) is 18.2 Å². The number of sulfone groups is 1. The van der Waals surface area contributed by atoms with Gasteiger partial charge in [-0.05, 0) is 49.6 Å². The second-order valence-corrected chi connectivity index (χ2v) is 9.70. The molecule has 1 N–H and O–H groups in total. The fourth-order valence-corrected chi connectivity index (χ4v) is 4.49. The fourth-order valence-electron chi connectivity index (χ4n) is 2.70. The van der Waals surface area contributed by atoms with Gasteiger partial charge in [-0.25, -0.2) is 8.42 Å². The van der Waals surface area contributed by atoms with Gasteiger partial charge in [0.1, 0.15) is 12.4 Å². The summed E-state index contributed by atoms with van der Waals surface area (Å²) in [7, 11) is -4.12. The molecule has 2 aromatic rings. The molecule has 1 fully saturated rings. The lowest BCUT2D eigenvalue weighted by atomic mass is 9.96. The van der Waals surface area contributed by atoms with E-state index in [9.17, 15) is 26.7 Å². The van der Waals surface area contributed by atoms with Crippen LogP contribution < -0.4 is 4.74 Å². The Morgan fingerprint density at radius 3 is 2.27 bits per heavy atom. The van der Waals surface area contributed by atoms with Crippen LogP contribution >= 0.6 is 11.6 Å². The minimum absolute atomic E-state index is 0.124. The van der Waals surface area contributed by atoms with E-state index in [2.05, 4.69) is 6.07 Å². The van der Waals surface area contributed by atoms with E-state index in [4.69, 9.17) is 21.6 Å². The van der Waals surface area contributed by atoms with E-state index in [1.807, 2.05) is 0 Å². The number of rotatable bonds is 6. The molecule has 0 spiro atoms. The molecule has 3 rings (SSSR count). The van der Waals surface area contributed by atoms with Crippen molar-refractivity contribution in [3.63, 3.8) is 0 Å². The summed E-state index contributed by atoms with van der Waals surface area (Å²) in [6, 6.07) is 9.89. The summed E-state index contributed by atoms with van der Waals surface area (Å²) in [5.41, 5.74) is -4.11. The Morgan fingerprint density at radius 2 is 1.80 bits per heavy atom. The molecule has 5 nitrogen and oxygen atoms in total. The largest absolute Gasteiger partial charge is 0.492 e. The molecule has 0 radical (unpaired) electrons. The highest BCUT2D eigenvalue weighted by atomic mass is 35.5. The Morgan fingerprint density at radius 1 is 1.20 bits per heavy atom. The maximum atomic E-state index is 13.0. The van der Waals surface area contributed by atoms with Crippen LogP contribution in [0.15, 0.2) is 52.3 Å². The predicted molar refractivity (Wildman–Crippen MR) is 102 cm³/mol. The van der Waals surface area contributed by atoms with Crippen molar-refractivity contribution < 1.29 is 31.4 Å². The molecule has 0 aromatic heterocycles. The quantitative estimate of drug-likeness (QED) is 0.680. The van der Waals surface area contributed by atoms with E-state index in [1.54, 1.807) is 0 Å². The van der Waals surface area contributed by atoms with Crippen molar-refractivity contribution in [2.24, 2.45) is 5.41 Å². The maximum absolute atomic E-state index is 13.0. The summed E-state index contributed by atoms with van der Waals surface area (Å²) >= 11 is 6.11. The van der Waals surface area contributed by atoms with Gasteiger partial charge in [0.2, 0.25) is 9.84 Å². The summed E-state index contributed by atoms with van der Waals surface area (Å²) in [6.07, 6.45) is -3.45. The lowest BCUT2D eigenvalue weighted by molar-refractivity contribution is -0.258. The standard InChI is InChI=1S/C20H17ClF3NO4S/c1-18(26,20(22,23)24)13-2-5-15(6-3-13)30(27,28)17-7-4-14(10-16(17)21)29-12-19(11-25)8-9-19/h2-7,10,26H,8-9,12H2,1H3. The van der Waals surface area contributed by atoms with Gasteiger partial charge in [0.15, 0.2) is 5.60 Å². The molecular weight excluding hydrogens is 443 g/mol. The molecule has 1 atom stereocenters. The van der Waals surface area contributed by atoms with Gasteiger partial charge in [-0.15, -0.1) is 0 Å². The van der Waals surface area contributed by atoms with Gasteiger partial charge in [-0.1, -0.05) is 23.7 Å². The minimum atomic E-state index is -4.92. The molecule has 0 bridgehead atoms. The van der Waals surface area contributed by atoms with Crippen LogP contribution in [0, 0.1) is 16.7 Å². The molecule has 1 unspecified atom stereocenters. The third-order valence-corrected chi connectivity index (χ3v) is 7.33. The van der Waals surface area contributed by atoms with Gasteiger partial charge in [0.25, 0.3) is 0 Å². The molecule has 0 saturated heterocycles. The minimum Gasteiger partial charge on any atom is -0.492 e. The van der Waals surface area contributed by atoms with E-state index in [-0.39, 0.29) is 21.4 Å². The van der Waals surface area contributed by atoms with E-state index < -0.39 is 32.6 Å². The van der Waals surface area contributed by atoms with E-state index in [0.717, 1.165) is 37.1 Å². The first-order valence-corrected chi connectivity index (χ1v) is 10.7. The molecule has 1 saturated carbocycles. The highest BCUT2D eigenvalue weighted by Crippen LogP contribution is 2.45. The zero-order chi connectivity index (χ0) is 22.4. The SMILES string of the molecule is CC(O)(c1ccc(S(=O)(=O)c2ccc(OCC3(C#N)CC3)cc2Cl)cc1)C(F)(F)F. The number of hydrogen-bond acceptors (Lipinski definition) is 5. The van der Waals surface area contributed by atoms with Crippen molar-refractivity contribution in [2.45, 2.75) is 41.3 Å². The Hall–Kier alpha value is -2.28. The van der Waals surface area contributed by atoms with Gasteiger partial charge in [-0.2, -0.15) is 18.4 Å². The van der Waals surface area contributed by atoms with Gasteiger partial charge < -0.3 is 9.84 Å². The third kappa shape index (κ3) is 4.13. The number of alkyl halides is 3. The van der Waals surface area contributed by atoms with Crippen molar-refractivity contribution >= 4 is 21.4 Å². The maximum Gasteiger partial charge on any atom is 0.421 e. The van der Waals surface area contributed by atoms with Crippen LogP contribution in [0.5, 0.6) is 5.75 Å². The zero-order valence-electron chi connectivity index (χ0n) is 15.7. The second-order valence-electron chi connectivity index (χ2n) is 7.37. The smallest absolute Gasteiger partial charge is 0.421 e. The van der Waals surface area contributed by atoms with Crippen molar-refractivity contribution in [3.05, 3.63) is 53.1 Å². The summed E-state index contributed by atoms with van der Waals surface area (Å²) in [6.45, 7) is 0.761. The van der Waals surface area contributed by atoms with Crippen LogP contribution in [0.2, 0.25) is 5.02 Å². The van der Waals surface area contributed by atoms with E-state index in [0.29, 0.717) is 12.7 Å². The highest BCUT2D eigenvalue weighted by molar-refractivity contribution is 7.91. The molecule has 2 aromatic carbocycles. The normalized spacial score (nSPS) is 17.6. The first-order chi connectivity index (χ1) is 13.8. The Labute approximate surface area is 176 Å². The van der Waals surface area contributed by atoms with Gasteiger partial charge in [0.05, 0.1) is 26.3 Å². The number of ether oxygens (including phenoxy) is 1. The summed E-state index contributed by atoms with van der Waals surface area (Å²) in [5.74, 6) is 0.303. The topological polar surface area (TPSA) is 87.4 Å². The van der Waals surface area contributed by atoms with Crippen LogP contribution in [0.3, 0.4) is 0 Å². The first-order valence-electron chi connectivity index (χ1n) is 8.81. The van der Waals surface area contributed by atoms with Crippen molar-refractivity contribution in [1.29, 1.82) is 5.26 Å². The average Bonchev–Trinajstić information content (AvgIpc) is 3.46. The van der Waals surface area contributed by atoms with Crippen LogP contribution in [0.1, 0.15) is 25.3 Å². The molecule has 0 aliphatic heterocycles. The molecular formula is C20H17ClF3NO4S. The number of aliphatic hydroxyl groups is 1. The Balaban J connectivity index is 1.84. The van der Waals surface area contributed by atoms with E-state index >= 15 is 0 Å². The lowest BCUT2D eigenvalue weighted by Crippen LogP contribution is -2.39. The number of benzene rings is 2. The fraction of sp³-hybridized carbons (Fsp3) is 0.350. The molecule has 0 heterocycles. The Bertz CT molecular complexity index is 1100.